The lowest BCUT2D eigenvalue weighted by atomic mass is 10.0. The molecular formula is C20H24N2O. The number of benzene rings is 2. The van der Waals surface area contributed by atoms with Crippen molar-refractivity contribution in [1.29, 1.82) is 0 Å². The van der Waals surface area contributed by atoms with Crippen LogP contribution in [0.3, 0.4) is 0 Å². The van der Waals surface area contributed by atoms with E-state index in [0.717, 1.165) is 5.56 Å². The maximum absolute atomic E-state index is 12.6. The zero-order valence-electron chi connectivity index (χ0n) is 13.4. The molecule has 120 valence electrons. The first-order valence-electron chi connectivity index (χ1n) is 8.77. The summed E-state index contributed by atoms with van der Waals surface area (Å²) in [4.78, 5) is 12.6. The molecule has 0 heterocycles. The van der Waals surface area contributed by atoms with Crippen molar-refractivity contribution in [2.45, 2.75) is 31.7 Å². The molecule has 2 aromatic carbocycles. The van der Waals surface area contributed by atoms with Gasteiger partial charge in [0.05, 0.1) is 6.04 Å². The monoisotopic (exact) mass is 308 g/mol. The number of carbonyl (C=O) groups is 1. The fourth-order valence-electron chi connectivity index (χ4n) is 4.35. The fourth-order valence-corrected chi connectivity index (χ4v) is 4.35. The number of nitrogens with two attached hydrogens (primary N) is 1. The summed E-state index contributed by atoms with van der Waals surface area (Å²) < 4.78 is 0. The van der Waals surface area contributed by atoms with E-state index < -0.39 is 0 Å². The van der Waals surface area contributed by atoms with Gasteiger partial charge in [0.2, 0.25) is 5.91 Å². The molecule has 0 bridgehead atoms. The van der Waals surface area contributed by atoms with Gasteiger partial charge in [-0.1, -0.05) is 49.2 Å². The summed E-state index contributed by atoms with van der Waals surface area (Å²) in [5, 5.41) is 5.61. The third-order valence-corrected chi connectivity index (χ3v) is 5.69. The highest BCUT2D eigenvalue weighted by Crippen LogP contribution is 2.55. The highest BCUT2D eigenvalue weighted by atomic mass is 16.2. The average Bonchev–Trinajstić information content (AvgIpc) is 3.33. The van der Waals surface area contributed by atoms with E-state index in [0.29, 0.717) is 18.4 Å². The van der Waals surface area contributed by atoms with Gasteiger partial charge in [-0.25, -0.2) is 0 Å². The zero-order chi connectivity index (χ0) is 15.8. The van der Waals surface area contributed by atoms with Crippen LogP contribution in [-0.2, 0) is 4.79 Å². The van der Waals surface area contributed by atoms with Crippen LogP contribution in [0.5, 0.6) is 0 Å². The topological polar surface area (TPSA) is 55.1 Å². The van der Waals surface area contributed by atoms with Gasteiger partial charge in [0.15, 0.2) is 0 Å². The molecule has 2 aliphatic rings. The Morgan fingerprint density at radius 1 is 1.09 bits per heavy atom. The molecule has 0 spiro atoms. The van der Waals surface area contributed by atoms with Crippen molar-refractivity contribution in [3.63, 3.8) is 0 Å². The second-order valence-electron chi connectivity index (χ2n) is 7.04. The van der Waals surface area contributed by atoms with Crippen LogP contribution in [0.25, 0.3) is 10.8 Å². The molecule has 4 rings (SSSR count). The van der Waals surface area contributed by atoms with Crippen LogP contribution in [-0.4, -0.2) is 12.5 Å². The first-order chi connectivity index (χ1) is 11.3. The van der Waals surface area contributed by atoms with Gasteiger partial charge >= 0.3 is 0 Å². The number of fused-ring (bicyclic) bond motifs is 2. The van der Waals surface area contributed by atoms with E-state index in [1.54, 1.807) is 0 Å². The average molecular weight is 308 g/mol. The summed E-state index contributed by atoms with van der Waals surface area (Å²) in [6, 6.07) is 14.5. The van der Waals surface area contributed by atoms with Crippen molar-refractivity contribution < 1.29 is 4.79 Å². The van der Waals surface area contributed by atoms with E-state index in [9.17, 15) is 4.79 Å². The summed E-state index contributed by atoms with van der Waals surface area (Å²) in [5.74, 6) is 1.73. The lowest BCUT2D eigenvalue weighted by molar-refractivity contribution is -0.123. The Hall–Kier alpha value is -1.87. The summed E-state index contributed by atoms with van der Waals surface area (Å²) in [5.41, 5.74) is 7.05. The summed E-state index contributed by atoms with van der Waals surface area (Å²) in [6.07, 6.45) is 5.03. The molecule has 2 aliphatic carbocycles. The summed E-state index contributed by atoms with van der Waals surface area (Å²) in [6.45, 7) is 0.437. The van der Waals surface area contributed by atoms with Crippen LogP contribution in [0, 0.1) is 17.8 Å². The maximum Gasteiger partial charge on any atom is 0.224 e. The minimum absolute atomic E-state index is 0.0882. The minimum Gasteiger partial charge on any atom is -0.348 e. The van der Waals surface area contributed by atoms with Gasteiger partial charge in [-0.05, 0) is 47.1 Å². The molecule has 3 heteroatoms. The van der Waals surface area contributed by atoms with E-state index in [-0.39, 0.29) is 17.9 Å². The van der Waals surface area contributed by atoms with Crippen LogP contribution in [0.2, 0.25) is 0 Å². The van der Waals surface area contributed by atoms with Crippen LogP contribution in [0.15, 0.2) is 42.5 Å². The Bertz CT molecular complexity index is 714. The second-order valence-corrected chi connectivity index (χ2v) is 7.04. The van der Waals surface area contributed by atoms with Crippen molar-refractivity contribution in [3.8, 4) is 0 Å². The molecule has 3 unspecified atom stereocenters. The zero-order valence-corrected chi connectivity index (χ0v) is 13.4. The van der Waals surface area contributed by atoms with Gasteiger partial charge in [-0.2, -0.15) is 0 Å². The Morgan fingerprint density at radius 3 is 2.48 bits per heavy atom. The van der Waals surface area contributed by atoms with E-state index in [2.05, 4.69) is 35.6 Å². The first kappa shape index (κ1) is 14.7. The maximum atomic E-state index is 12.6. The summed E-state index contributed by atoms with van der Waals surface area (Å²) in [7, 11) is 0. The van der Waals surface area contributed by atoms with E-state index >= 15 is 0 Å². The molecule has 0 aliphatic heterocycles. The first-order valence-corrected chi connectivity index (χ1v) is 8.77. The van der Waals surface area contributed by atoms with Crippen molar-refractivity contribution >= 4 is 16.7 Å². The Kier molecular flexibility index (Phi) is 3.82. The van der Waals surface area contributed by atoms with Crippen molar-refractivity contribution in [3.05, 3.63) is 48.0 Å². The van der Waals surface area contributed by atoms with Gasteiger partial charge in [-0.3, -0.25) is 4.79 Å². The Balaban J connectivity index is 1.50. The molecule has 0 aromatic heterocycles. The van der Waals surface area contributed by atoms with Crippen LogP contribution in [0.1, 0.15) is 37.3 Å². The normalized spacial score (nSPS) is 27.3. The molecule has 3 atom stereocenters. The smallest absolute Gasteiger partial charge is 0.224 e. The van der Waals surface area contributed by atoms with Gasteiger partial charge in [0.25, 0.3) is 0 Å². The Morgan fingerprint density at radius 2 is 1.78 bits per heavy atom. The number of carbonyl (C=O) groups excluding carboxylic acids is 1. The van der Waals surface area contributed by atoms with Crippen LogP contribution >= 0.6 is 0 Å². The molecule has 3 N–H and O–H groups in total. The number of amides is 1. The number of nitrogens with one attached hydrogen (secondary N) is 1. The number of rotatable bonds is 4. The highest BCUT2D eigenvalue weighted by Gasteiger charge is 2.54. The lowest BCUT2D eigenvalue weighted by Gasteiger charge is -2.18. The molecule has 2 saturated carbocycles. The quantitative estimate of drug-likeness (QED) is 0.909. The molecule has 0 saturated heterocycles. The van der Waals surface area contributed by atoms with Gasteiger partial charge < -0.3 is 11.1 Å². The molecule has 0 radical (unpaired) electrons. The van der Waals surface area contributed by atoms with Crippen molar-refractivity contribution in [2.75, 3.05) is 6.54 Å². The fraction of sp³-hybridized carbons (Fsp3) is 0.450. The third-order valence-electron chi connectivity index (χ3n) is 5.69. The predicted molar refractivity (Wildman–Crippen MR) is 92.8 cm³/mol. The standard InChI is InChI=1S/C20H24N2O/c21-12-18(15-10-9-13-5-1-2-6-14(13)11-15)22-20(23)19-16-7-3-4-8-17(16)19/h1-2,5-6,9-11,16-19H,3-4,7-8,12,21H2,(H,22,23). The van der Waals surface area contributed by atoms with Gasteiger partial charge in [0.1, 0.15) is 0 Å². The molecule has 3 nitrogen and oxygen atoms in total. The lowest BCUT2D eigenvalue weighted by Crippen LogP contribution is -2.35. The molecular weight excluding hydrogens is 284 g/mol. The largest absolute Gasteiger partial charge is 0.348 e. The van der Waals surface area contributed by atoms with Gasteiger partial charge in [-0.15, -0.1) is 0 Å². The van der Waals surface area contributed by atoms with Crippen molar-refractivity contribution in [1.82, 2.24) is 5.32 Å². The summed E-state index contributed by atoms with van der Waals surface area (Å²) >= 11 is 0. The molecule has 1 amide bonds. The van der Waals surface area contributed by atoms with Gasteiger partial charge in [0, 0.05) is 12.5 Å². The molecule has 23 heavy (non-hydrogen) atoms. The third kappa shape index (κ3) is 2.74. The molecule has 2 aromatic rings. The number of hydrogen-bond donors (Lipinski definition) is 2. The predicted octanol–water partition coefficient (Wildman–Crippen LogP) is 3.39. The van der Waals surface area contributed by atoms with Crippen molar-refractivity contribution in [2.24, 2.45) is 23.5 Å². The SMILES string of the molecule is NCC(NC(=O)C1C2CCCCC21)c1ccc2ccccc2c1. The highest BCUT2D eigenvalue weighted by molar-refractivity contribution is 5.84. The van der Waals surface area contributed by atoms with Crippen LogP contribution < -0.4 is 11.1 Å². The van der Waals surface area contributed by atoms with E-state index in [4.69, 9.17) is 5.73 Å². The van der Waals surface area contributed by atoms with Crippen LogP contribution in [0.4, 0.5) is 0 Å². The van der Waals surface area contributed by atoms with E-state index in [1.165, 1.54) is 36.5 Å². The number of hydrogen-bond acceptors (Lipinski definition) is 2. The minimum atomic E-state index is -0.0882. The second kappa shape index (κ2) is 5.97. The Labute approximate surface area is 137 Å². The molecule has 2 fully saturated rings. The van der Waals surface area contributed by atoms with E-state index in [1.807, 2.05) is 12.1 Å².